The minimum absolute atomic E-state index is 0.114. The number of nitrogens with zero attached hydrogens (tertiary/aromatic N) is 1. The van der Waals surface area contributed by atoms with Crippen molar-refractivity contribution in [1.82, 2.24) is 4.90 Å². The van der Waals surface area contributed by atoms with Gasteiger partial charge in [0, 0.05) is 17.9 Å². The van der Waals surface area contributed by atoms with Gasteiger partial charge >= 0.3 is 0 Å². The molecule has 2 aliphatic rings. The van der Waals surface area contributed by atoms with Gasteiger partial charge < -0.3 is 4.90 Å². The first kappa shape index (κ1) is 10.8. The zero-order valence-electron chi connectivity index (χ0n) is 8.46. The number of halogens is 1. The van der Waals surface area contributed by atoms with E-state index in [1.54, 1.807) is 0 Å². The summed E-state index contributed by atoms with van der Waals surface area (Å²) in [6.45, 7) is 3.94. The van der Waals surface area contributed by atoms with E-state index < -0.39 is 0 Å². The molecule has 2 nitrogen and oxygen atoms in total. The first-order valence-electron chi connectivity index (χ1n) is 5.19. The highest BCUT2D eigenvalue weighted by Crippen LogP contribution is 2.40. The summed E-state index contributed by atoms with van der Waals surface area (Å²) in [6.07, 6.45) is 3.35. The van der Waals surface area contributed by atoms with E-state index in [4.69, 9.17) is 0 Å². The topological polar surface area (TPSA) is 20.3 Å². The number of hydrogen-bond acceptors (Lipinski definition) is 2. The van der Waals surface area contributed by atoms with Crippen molar-refractivity contribution in [3.63, 3.8) is 0 Å². The summed E-state index contributed by atoms with van der Waals surface area (Å²) in [4.78, 5) is 14.7. The zero-order valence-corrected chi connectivity index (χ0v) is 10.9. The van der Waals surface area contributed by atoms with Crippen LogP contribution in [0.3, 0.4) is 0 Å². The second kappa shape index (κ2) is 4.05. The number of rotatable bonds is 1. The first-order valence-corrected chi connectivity index (χ1v) is 7.09. The van der Waals surface area contributed by atoms with Crippen LogP contribution in [0.15, 0.2) is 0 Å². The van der Waals surface area contributed by atoms with Crippen molar-refractivity contribution in [3.8, 4) is 0 Å². The van der Waals surface area contributed by atoms with Gasteiger partial charge in [-0.2, -0.15) is 0 Å². The van der Waals surface area contributed by atoms with Gasteiger partial charge in [0.15, 0.2) is 0 Å². The van der Waals surface area contributed by atoms with Gasteiger partial charge in [-0.1, -0.05) is 15.9 Å². The Labute approximate surface area is 97.9 Å². The predicted molar refractivity (Wildman–Crippen MR) is 64.0 cm³/mol. The Morgan fingerprint density at radius 1 is 1.64 bits per heavy atom. The molecule has 0 aromatic heterocycles. The molecule has 14 heavy (non-hydrogen) atoms. The van der Waals surface area contributed by atoms with Gasteiger partial charge in [-0.3, -0.25) is 4.79 Å². The average Bonchev–Trinajstić information content (AvgIpc) is 2.74. The predicted octanol–water partition coefficient (Wildman–Crippen LogP) is 2.27. The Kier molecular flexibility index (Phi) is 3.12. The Hall–Kier alpha value is 0.300. The molecule has 0 radical (unpaired) electrons. The Bertz CT molecular complexity index is 240. The first-order chi connectivity index (χ1) is 6.62. The standard InChI is InChI=1S/C10H16BrNOS/c1-10(4-2-6-14-10)9(13)12-5-3-8(11)7-12/h8H,2-7H2,1H3. The van der Waals surface area contributed by atoms with E-state index in [1.807, 2.05) is 16.7 Å². The molecule has 0 aromatic carbocycles. The van der Waals surface area contributed by atoms with Crippen molar-refractivity contribution in [3.05, 3.63) is 0 Å². The van der Waals surface area contributed by atoms with Crippen LogP contribution in [0.4, 0.5) is 0 Å². The van der Waals surface area contributed by atoms with Crippen LogP contribution in [0.1, 0.15) is 26.2 Å². The SMILES string of the molecule is CC1(C(=O)N2CCC(Br)C2)CCCS1. The second-order valence-corrected chi connectivity index (χ2v) is 7.21. The van der Waals surface area contributed by atoms with E-state index in [2.05, 4.69) is 22.9 Å². The second-order valence-electron chi connectivity index (χ2n) is 4.32. The smallest absolute Gasteiger partial charge is 0.238 e. The number of carbonyl (C=O) groups excluding carboxylic acids is 1. The number of carbonyl (C=O) groups is 1. The molecule has 0 N–H and O–H groups in total. The quantitative estimate of drug-likeness (QED) is 0.686. The monoisotopic (exact) mass is 277 g/mol. The van der Waals surface area contributed by atoms with Crippen LogP contribution >= 0.6 is 27.7 Å². The summed E-state index contributed by atoms with van der Waals surface area (Å²) < 4.78 is -0.114. The molecule has 2 aliphatic heterocycles. The number of alkyl halides is 1. The average molecular weight is 278 g/mol. The zero-order chi connectivity index (χ0) is 10.2. The number of thioether (sulfide) groups is 1. The van der Waals surface area contributed by atoms with E-state index in [0.29, 0.717) is 10.7 Å². The molecule has 0 aliphatic carbocycles. The van der Waals surface area contributed by atoms with Gasteiger partial charge in [0.05, 0.1) is 4.75 Å². The third kappa shape index (κ3) is 1.96. The number of hydrogen-bond donors (Lipinski definition) is 0. The summed E-state index contributed by atoms with van der Waals surface area (Å²) in [6, 6.07) is 0. The lowest BCUT2D eigenvalue weighted by Gasteiger charge is -2.27. The fourth-order valence-electron chi connectivity index (χ4n) is 2.18. The minimum Gasteiger partial charge on any atom is -0.340 e. The maximum absolute atomic E-state index is 12.2. The van der Waals surface area contributed by atoms with E-state index >= 15 is 0 Å². The summed E-state index contributed by atoms with van der Waals surface area (Å²) in [5.41, 5.74) is 0. The van der Waals surface area contributed by atoms with E-state index in [0.717, 1.165) is 31.7 Å². The highest BCUT2D eigenvalue weighted by molar-refractivity contribution is 9.09. The van der Waals surface area contributed by atoms with E-state index in [9.17, 15) is 4.79 Å². The van der Waals surface area contributed by atoms with Crippen molar-refractivity contribution in [2.75, 3.05) is 18.8 Å². The lowest BCUT2D eigenvalue weighted by molar-refractivity contribution is -0.132. The third-order valence-corrected chi connectivity index (χ3v) is 5.35. The molecule has 2 fully saturated rings. The van der Waals surface area contributed by atoms with Crippen molar-refractivity contribution in [1.29, 1.82) is 0 Å². The molecule has 0 bridgehead atoms. The van der Waals surface area contributed by atoms with Gasteiger partial charge in [-0.25, -0.2) is 0 Å². The largest absolute Gasteiger partial charge is 0.340 e. The summed E-state index contributed by atoms with van der Waals surface area (Å²) in [7, 11) is 0. The Balaban J connectivity index is 2.00. The molecule has 0 saturated carbocycles. The summed E-state index contributed by atoms with van der Waals surface area (Å²) >= 11 is 5.41. The van der Waals surface area contributed by atoms with E-state index in [1.165, 1.54) is 6.42 Å². The van der Waals surface area contributed by atoms with Crippen LogP contribution in [0.25, 0.3) is 0 Å². The highest BCUT2D eigenvalue weighted by Gasteiger charge is 2.41. The van der Waals surface area contributed by atoms with Gasteiger partial charge in [-0.15, -0.1) is 11.8 Å². The van der Waals surface area contributed by atoms with Crippen LogP contribution in [0.5, 0.6) is 0 Å². The van der Waals surface area contributed by atoms with Crippen LogP contribution in [0, 0.1) is 0 Å². The maximum atomic E-state index is 12.2. The Morgan fingerprint density at radius 3 is 2.93 bits per heavy atom. The lowest BCUT2D eigenvalue weighted by Crippen LogP contribution is -2.42. The van der Waals surface area contributed by atoms with Gasteiger partial charge in [-0.05, 0) is 31.9 Å². The molecule has 2 atom stereocenters. The third-order valence-electron chi connectivity index (χ3n) is 3.09. The van der Waals surface area contributed by atoms with Crippen LogP contribution in [-0.4, -0.2) is 39.2 Å². The Morgan fingerprint density at radius 2 is 2.43 bits per heavy atom. The van der Waals surface area contributed by atoms with Crippen molar-refractivity contribution < 1.29 is 4.79 Å². The maximum Gasteiger partial charge on any atom is 0.238 e. The van der Waals surface area contributed by atoms with Gasteiger partial charge in [0.1, 0.15) is 0 Å². The highest BCUT2D eigenvalue weighted by atomic mass is 79.9. The fourth-order valence-corrected chi connectivity index (χ4v) is 4.02. The minimum atomic E-state index is -0.114. The van der Waals surface area contributed by atoms with Crippen LogP contribution < -0.4 is 0 Å². The summed E-state index contributed by atoms with van der Waals surface area (Å²) in [5.74, 6) is 1.51. The molecule has 2 saturated heterocycles. The van der Waals surface area contributed by atoms with Gasteiger partial charge in [0.25, 0.3) is 0 Å². The summed E-state index contributed by atoms with van der Waals surface area (Å²) in [5, 5.41) is 0. The molecule has 80 valence electrons. The molecule has 2 heterocycles. The molecule has 4 heteroatoms. The number of amides is 1. The molecular weight excluding hydrogens is 262 g/mol. The normalized spacial score (nSPS) is 37.9. The van der Waals surface area contributed by atoms with Gasteiger partial charge in [0.2, 0.25) is 5.91 Å². The van der Waals surface area contributed by atoms with Crippen LogP contribution in [0.2, 0.25) is 0 Å². The molecule has 2 rings (SSSR count). The number of likely N-dealkylation sites (tertiary alicyclic amines) is 1. The molecular formula is C10H16BrNOS. The fraction of sp³-hybridized carbons (Fsp3) is 0.900. The molecule has 0 spiro atoms. The lowest BCUT2D eigenvalue weighted by atomic mass is 10.0. The van der Waals surface area contributed by atoms with Crippen molar-refractivity contribution >= 4 is 33.6 Å². The van der Waals surface area contributed by atoms with Crippen molar-refractivity contribution in [2.45, 2.75) is 35.8 Å². The molecule has 0 aromatic rings. The van der Waals surface area contributed by atoms with Crippen molar-refractivity contribution in [2.24, 2.45) is 0 Å². The van der Waals surface area contributed by atoms with E-state index in [-0.39, 0.29) is 4.75 Å². The molecule has 2 unspecified atom stereocenters. The van der Waals surface area contributed by atoms with Crippen LogP contribution in [-0.2, 0) is 4.79 Å². The molecule has 1 amide bonds.